The maximum absolute atomic E-state index is 12.5. The van der Waals surface area contributed by atoms with Gasteiger partial charge in [0.05, 0.1) is 23.5 Å². The molecule has 0 amide bonds. The zero-order valence-electron chi connectivity index (χ0n) is 16.0. The molecule has 156 valence electrons. The van der Waals surface area contributed by atoms with Gasteiger partial charge in [0.25, 0.3) is 10.0 Å². The molecule has 0 radical (unpaired) electrons. The topological polar surface area (TPSA) is 128 Å². The van der Waals surface area contributed by atoms with Gasteiger partial charge in [-0.1, -0.05) is 29.9 Å². The second-order valence-electron chi connectivity index (χ2n) is 6.21. The number of rotatable bonds is 9. The number of aromatic hydroxyl groups is 1. The van der Waals surface area contributed by atoms with Crippen LogP contribution in [0.3, 0.4) is 0 Å². The van der Waals surface area contributed by atoms with E-state index in [9.17, 15) is 23.4 Å². The van der Waals surface area contributed by atoms with Crippen LogP contribution < -0.4 is 10.6 Å². The van der Waals surface area contributed by atoms with Gasteiger partial charge >= 0.3 is 0 Å². The van der Waals surface area contributed by atoms with E-state index < -0.39 is 32.6 Å². The van der Waals surface area contributed by atoms with Gasteiger partial charge in [0.15, 0.2) is 11.9 Å². The fraction of sp³-hybridized carbons (Fsp3) is 0.471. The highest BCUT2D eigenvalue weighted by Gasteiger charge is 2.40. The number of benzene rings is 1. The third-order valence-corrected chi connectivity index (χ3v) is 6.76. The Morgan fingerprint density at radius 2 is 1.93 bits per heavy atom. The van der Waals surface area contributed by atoms with Crippen LogP contribution in [0.15, 0.2) is 28.4 Å². The fourth-order valence-corrected chi connectivity index (χ4v) is 4.27. The zero-order valence-corrected chi connectivity index (χ0v) is 17.6. The molecule has 1 aromatic carbocycles. The number of phenolic OH excluding ortho intramolecular Hbond substituents is 1. The summed E-state index contributed by atoms with van der Waals surface area (Å²) in [6, 6.07) is 2.66. The van der Waals surface area contributed by atoms with E-state index in [1.165, 1.54) is 12.1 Å². The molecule has 0 heterocycles. The Morgan fingerprint density at radius 1 is 1.32 bits per heavy atom. The Bertz CT molecular complexity index is 898. The number of carbonyl (C=O) groups excluding carboxylic acids is 1. The second kappa shape index (κ2) is 8.66. The van der Waals surface area contributed by atoms with Gasteiger partial charge in [0.2, 0.25) is 5.78 Å². The summed E-state index contributed by atoms with van der Waals surface area (Å²) < 4.78 is 25.6. The number of nitrogens with zero attached hydrogens (tertiary/aromatic N) is 1. The van der Waals surface area contributed by atoms with Gasteiger partial charge in [-0.15, -0.1) is 0 Å². The van der Waals surface area contributed by atoms with Crippen LogP contribution in [0.2, 0.25) is 5.02 Å². The lowest BCUT2D eigenvalue weighted by Gasteiger charge is -2.32. The largest absolute Gasteiger partial charge is 0.504 e. The lowest BCUT2D eigenvalue weighted by molar-refractivity contribution is -0.125. The van der Waals surface area contributed by atoms with Gasteiger partial charge < -0.3 is 20.8 Å². The Labute approximate surface area is 168 Å². The number of phenols is 1. The zero-order chi connectivity index (χ0) is 21.2. The van der Waals surface area contributed by atoms with Crippen LogP contribution >= 0.6 is 11.6 Å². The molecule has 1 aliphatic carbocycles. The summed E-state index contributed by atoms with van der Waals surface area (Å²) in [6.45, 7) is 3.92. The van der Waals surface area contributed by atoms with Crippen LogP contribution in [0.5, 0.6) is 5.75 Å². The van der Waals surface area contributed by atoms with E-state index >= 15 is 0 Å². The van der Waals surface area contributed by atoms with Crippen molar-refractivity contribution >= 4 is 33.1 Å². The molecular formula is C17H24ClN3O6S. The number of hydroxylamine groups is 1. The molecule has 0 spiro atoms. The maximum Gasteiger partial charge on any atom is 0.269 e. The number of hydrogen-bond donors (Lipinski definition) is 4. The van der Waals surface area contributed by atoms with Crippen molar-refractivity contribution in [2.75, 3.05) is 19.5 Å². The Balaban J connectivity index is 2.46. The van der Waals surface area contributed by atoms with Gasteiger partial charge in [-0.05, 0) is 25.0 Å². The lowest BCUT2D eigenvalue weighted by Crippen LogP contribution is -2.48. The number of aliphatic hydroxyl groups is 1. The van der Waals surface area contributed by atoms with Crippen molar-refractivity contribution in [2.24, 2.45) is 0 Å². The number of aliphatic hydroxyl groups excluding tert-OH is 1. The first-order valence-corrected chi connectivity index (χ1v) is 10.5. The van der Waals surface area contributed by atoms with Crippen molar-refractivity contribution in [3.8, 4) is 5.75 Å². The Hall–Kier alpha value is -1.85. The van der Waals surface area contributed by atoms with Crippen LogP contribution in [-0.4, -0.2) is 55.2 Å². The van der Waals surface area contributed by atoms with Crippen LogP contribution in [0.4, 0.5) is 5.69 Å². The molecule has 0 bridgehead atoms. The predicted octanol–water partition coefficient (Wildman–Crippen LogP) is 1.57. The molecule has 9 nitrogen and oxygen atoms in total. The Kier molecular flexibility index (Phi) is 6.94. The molecule has 0 saturated heterocycles. The van der Waals surface area contributed by atoms with Crippen LogP contribution in [0.25, 0.3) is 0 Å². The number of halogens is 1. The van der Waals surface area contributed by atoms with Crippen molar-refractivity contribution in [3.05, 3.63) is 28.5 Å². The quantitative estimate of drug-likeness (QED) is 0.341. The van der Waals surface area contributed by atoms with E-state index in [2.05, 4.69) is 10.6 Å². The smallest absolute Gasteiger partial charge is 0.269 e. The van der Waals surface area contributed by atoms with Crippen LogP contribution in [0.1, 0.15) is 26.7 Å². The number of hydrogen-bond acceptors (Lipinski definition) is 8. The van der Waals surface area contributed by atoms with Crippen LogP contribution in [-0.2, 0) is 19.7 Å². The van der Waals surface area contributed by atoms with E-state index in [4.69, 9.17) is 16.4 Å². The fourth-order valence-electron chi connectivity index (χ4n) is 2.70. The van der Waals surface area contributed by atoms with Gasteiger partial charge in [0, 0.05) is 13.1 Å². The van der Waals surface area contributed by atoms with E-state index in [1.807, 2.05) is 13.8 Å². The Morgan fingerprint density at radius 3 is 2.46 bits per heavy atom. The highest BCUT2D eigenvalue weighted by molar-refractivity contribution is 7.89. The van der Waals surface area contributed by atoms with E-state index in [0.717, 1.165) is 27.0 Å². The van der Waals surface area contributed by atoms with E-state index in [-0.39, 0.29) is 28.1 Å². The standard InChI is InChI=1S/C17H24ClN3O6S/c1-5-9(6-2)19-12-13(16(24)15(12)23)20-11-8-7-10(18)17(14(11)22)28(25,26)21(3)27-4/h7-9,16,19-20,22,24H,5-6H2,1-4H3. The SMILES string of the molecule is CCC(CC)NC1=C(Nc2ccc(Cl)c(S(=O)(=O)N(C)OC)c2O)C(O)C1=O. The molecule has 0 saturated carbocycles. The average molecular weight is 434 g/mol. The van der Waals surface area contributed by atoms with Gasteiger partial charge in [-0.3, -0.25) is 9.63 Å². The third kappa shape index (κ3) is 3.96. The molecule has 1 unspecified atom stereocenters. The summed E-state index contributed by atoms with van der Waals surface area (Å²) in [5.41, 5.74) is 0.324. The third-order valence-electron chi connectivity index (χ3n) is 4.58. The molecule has 0 aromatic heterocycles. The van der Waals surface area contributed by atoms with Crippen molar-refractivity contribution in [1.29, 1.82) is 0 Å². The predicted molar refractivity (Wildman–Crippen MR) is 104 cm³/mol. The normalized spacial score (nSPS) is 17.3. The monoisotopic (exact) mass is 433 g/mol. The molecule has 1 atom stereocenters. The first kappa shape index (κ1) is 22.4. The number of nitrogens with one attached hydrogen (secondary N) is 2. The van der Waals surface area contributed by atoms with Gasteiger partial charge in [-0.2, -0.15) is 0 Å². The first-order chi connectivity index (χ1) is 13.1. The minimum absolute atomic E-state index is 0.0297. The molecule has 0 aliphatic heterocycles. The molecule has 2 rings (SSSR count). The first-order valence-electron chi connectivity index (χ1n) is 8.64. The maximum atomic E-state index is 12.5. The van der Waals surface area contributed by atoms with Crippen molar-refractivity contribution in [1.82, 2.24) is 9.79 Å². The summed E-state index contributed by atoms with van der Waals surface area (Å²) in [5.74, 6) is -1.13. The molecular weight excluding hydrogens is 410 g/mol. The number of sulfonamides is 1. The summed E-state index contributed by atoms with van der Waals surface area (Å²) in [6.07, 6.45) is 0.150. The number of anilines is 1. The molecule has 28 heavy (non-hydrogen) atoms. The molecule has 1 aromatic rings. The van der Waals surface area contributed by atoms with Crippen molar-refractivity contribution < 1.29 is 28.3 Å². The summed E-state index contributed by atoms with van der Waals surface area (Å²) in [5, 5.41) is 26.1. The van der Waals surface area contributed by atoms with Crippen LogP contribution in [0, 0.1) is 0 Å². The van der Waals surface area contributed by atoms with Gasteiger partial charge in [-0.25, -0.2) is 8.42 Å². The van der Waals surface area contributed by atoms with E-state index in [1.54, 1.807) is 0 Å². The highest BCUT2D eigenvalue weighted by Crippen LogP contribution is 2.40. The van der Waals surface area contributed by atoms with Crippen molar-refractivity contribution in [2.45, 2.75) is 43.7 Å². The number of ketones is 1. The summed E-state index contributed by atoms with van der Waals surface area (Å²) >= 11 is 5.98. The molecule has 11 heteroatoms. The minimum atomic E-state index is -4.23. The number of carbonyl (C=O) groups is 1. The highest BCUT2D eigenvalue weighted by atomic mass is 35.5. The average Bonchev–Trinajstić information content (AvgIpc) is 2.67. The molecule has 0 fully saturated rings. The number of Topliss-reactive ketones (excluding diaryl/α,β-unsaturated/α-hetero) is 1. The summed E-state index contributed by atoms with van der Waals surface area (Å²) in [7, 11) is -1.93. The minimum Gasteiger partial charge on any atom is -0.504 e. The second-order valence-corrected chi connectivity index (χ2v) is 8.49. The van der Waals surface area contributed by atoms with Gasteiger partial charge in [0.1, 0.15) is 10.6 Å². The molecule has 4 N–H and O–H groups in total. The van der Waals surface area contributed by atoms with E-state index in [0.29, 0.717) is 4.47 Å². The lowest BCUT2D eigenvalue weighted by atomic mass is 9.93. The summed E-state index contributed by atoms with van der Waals surface area (Å²) in [4.78, 5) is 16.2. The van der Waals surface area contributed by atoms with Crippen molar-refractivity contribution in [3.63, 3.8) is 0 Å². The molecule has 1 aliphatic rings.